The minimum absolute atomic E-state index is 0.0368. The second-order valence-corrected chi connectivity index (χ2v) is 8.25. The lowest BCUT2D eigenvalue weighted by atomic mass is 10.1. The monoisotopic (exact) mass is 432 g/mol. The predicted molar refractivity (Wildman–Crippen MR) is 122 cm³/mol. The number of ether oxygens (including phenoxy) is 1. The molecule has 0 aliphatic heterocycles. The highest BCUT2D eigenvalue weighted by Crippen LogP contribution is 2.23. The van der Waals surface area contributed by atoms with Gasteiger partial charge in [-0.25, -0.2) is 9.97 Å². The van der Waals surface area contributed by atoms with E-state index in [0.717, 1.165) is 41.9 Å². The molecule has 30 heavy (non-hydrogen) atoms. The van der Waals surface area contributed by atoms with Gasteiger partial charge < -0.3 is 19.9 Å². The number of carbonyl (C=O) groups is 1. The Labute approximate surface area is 184 Å². The molecule has 2 rings (SSSR count). The lowest BCUT2D eigenvalue weighted by Crippen LogP contribution is -3.06. The largest absolute Gasteiger partial charge is 0.378 e. The van der Waals surface area contributed by atoms with Crippen molar-refractivity contribution >= 4 is 23.5 Å². The van der Waals surface area contributed by atoms with Crippen molar-refractivity contribution in [3.8, 4) is 0 Å². The van der Waals surface area contributed by atoms with Gasteiger partial charge in [0.25, 0.3) is 5.91 Å². The molecular weight excluding hydrogens is 398 g/mol. The first-order valence-corrected chi connectivity index (χ1v) is 11.4. The number of likely N-dealkylation sites (N-methyl/N-ethyl adjacent to an activating group) is 1. The van der Waals surface area contributed by atoms with E-state index in [9.17, 15) is 4.79 Å². The SMILES string of the molecule is CCN(CC)c1cc(COC)nc(SCc2cccc(C(=O)NCC[NH+](C)C)c2)n1. The van der Waals surface area contributed by atoms with Crippen LogP contribution in [0.2, 0.25) is 0 Å². The zero-order valence-electron chi connectivity index (χ0n) is 18.7. The van der Waals surface area contributed by atoms with E-state index >= 15 is 0 Å². The van der Waals surface area contributed by atoms with Crippen LogP contribution in [0.1, 0.15) is 35.5 Å². The van der Waals surface area contributed by atoms with E-state index < -0.39 is 0 Å². The van der Waals surface area contributed by atoms with Crippen LogP contribution in [0.15, 0.2) is 35.5 Å². The van der Waals surface area contributed by atoms with Crippen molar-refractivity contribution in [3.05, 3.63) is 47.2 Å². The van der Waals surface area contributed by atoms with Gasteiger partial charge in [0.1, 0.15) is 5.82 Å². The molecule has 0 saturated carbocycles. The van der Waals surface area contributed by atoms with Crippen molar-refractivity contribution in [1.29, 1.82) is 0 Å². The molecule has 1 heterocycles. The normalized spacial score (nSPS) is 11.0. The first kappa shape index (κ1) is 24.1. The van der Waals surface area contributed by atoms with Gasteiger partial charge in [-0.3, -0.25) is 4.79 Å². The van der Waals surface area contributed by atoms with Gasteiger partial charge in [-0.05, 0) is 31.5 Å². The van der Waals surface area contributed by atoms with Crippen molar-refractivity contribution in [1.82, 2.24) is 15.3 Å². The molecule has 8 heteroatoms. The third-order valence-corrected chi connectivity index (χ3v) is 5.51. The summed E-state index contributed by atoms with van der Waals surface area (Å²) in [5, 5.41) is 3.69. The highest BCUT2D eigenvalue weighted by molar-refractivity contribution is 7.98. The lowest BCUT2D eigenvalue weighted by molar-refractivity contribution is -0.856. The number of nitrogens with one attached hydrogen (secondary N) is 2. The first-order chi connectivity index (χ1) is 14.5. The van der Waals surface area contributed by atoms with E-state index in [2.05, 4.69) is 43.1 Å². The smallest absolute Gasteiger partial charge is 0.251 e. The summed E-state index contributed by atoms with van der Waals surface area (Å²) < 4.78 is 5.27. The number of carbonyl (C=O) groups excluding carboxylic acids is 1. The van der Waals surface area contributed by atoms with Crippen LogP contribution in [0, 0.1) is 0 Å². The van der Waals surface area contributed by atoms with E-state index in [-0.39, 0.29) is 5.91 Å². The summed E-state index contributed by atoms with van der Waals surface area (Å²) in [7, 11) is 5.81. The van der Waals surface area contributed by atoms with Crippen LogP contribution in [0.25, 0.3) is 0 Å². The van der Waals surface area contributed by atoms with Gasteiger partial charge in [0.2, 0.25) is 0 Å². The van der Waals surface area contributed by atoms with Crippen molar-refractivity contribution in [3.63, 3.8) is 0 Å². The highest BCUT2D eigenvalue weighted by atomic mass is 32.2. The molecule has 0 radical (unpaired) electrons. The average molecular weight is 433 g/mol. The summed E-state index contributed by atoms with van der Waals surface area (Å²) in [5.74, 6) is 1.57. The van der Waals surface area contributed by atoms with Crippen LogP contribution in [0.3, 0.4) is 0 Å². The molecule has 0 aliphatic rings. The minimum Gasteiger partial charge on any atom is -0.378 e. The quantitative estimate of drug-likeness (QED) is 0.392. The van der Waals surface area contributed by atoms with Crippen molar-refractivity contribution in [2.45, 2.75) is 31.4 Å². The Morgan fingerprint density at radius 3 is 2.63 bits per heavy atom. The summed E-state index contributed by atoms with van der Waals surface area (Å²) in [6.07, 6.45) is 0. The molecule has 1 aromatic heterocycles. The fourth-order valence-corrected chi connectivity index (χ4v) is 3.75. The van der Waals surface area contributed by atoms with E-state index in [1.54, 1.807) is 18.9 Å². The molecular formula is C22H34N5O2S+. The molecule has 0 bridgehead atoms. The van der Waals surface area contributed by atoms with Crippen LogP contribution in [0.5, 0.6) is 0 Å². The van der Waals surface area contributed by atoms with E-state index in [0.29, 0.717) is 24.5 Å². The van der Waals surface area contributed by atoms with Crippen molar-refractivity contribution in [2.24, 2.45) is 0 Å². The Bertz CT molecular complexity index is 812. The lowest BCUT2D eigenvalue weighted by Gasteiger charge is -2.20. The van der Waals surface area contributed by atoms with E-state index in [4.69, 9.17) is 9.72 Å². The van der Waals surface area contributed by atoms with Gasteiger partial charge in [0.05, 0.1) is 39.5 Å². The second-order valence-electron chi connectivity index (χ2n) is 7.31. The number of hydrogen-bond donors (Lipinski definition) is 2. The Hall–Kier alpha value is -2.16. The fraction of sp³-hybridized carbons (Fsp3) is 0.500. The summed E-state index contributed by atoms with van der Waals surface area (Å²) in [6, 6.07) is 9.72. The Morgan fingerprint density at radius 2 is 1.97 bits per heavy atom. The van der Waals surface area contributed by atoms with E-state index in [1.165, 1.54) is 4.90 Å². The minimum atomic E-state index is -0.0368. The van der Waals surface area contributed by atoms with Crippen molar-refractivity contribution in [2.75, 3.05) is 52.3 Å². The van der Waals surface area contributed by atoms with E-state index in [1.807, 2.05) is 30.3 Å². The number of hydrogen-bond acceptors (Lipinski definition) is 6. The Morgan fingerprint density at radius 1 is 1.20 bits per heavy atom. The highest BCUT2D eigenvalue weighted by Gasteiger charge is 2.11. The molecule has 2 N–H and O–H groups in total. The number of anilines is 1. The average Bonchev–Trinajstić information content (AvgIpc) is 2.73. The summed E-state index contributed by atoms with van der Waals surface area (Å²) >= 11 is 1.57. The van der Waals surface area contributed by atoms with Gasteiger partial charge in [-0.15, -0.1) is 0 Å². The van der Waals surface area contributed by atoms with Crippen LogP contribution in [-0.2, 0) is 17.1 Å². The number of rotatable bonds is 12. The molecule has 0 atom stereocenters. The summed E-state index contributed by atoms with van der Waals surface area (Å²) in [6.45, 7) is 8.01. The molecule has 2 aromatic rings. The van der Waals surface area contributed by atoms with Crippen LogP contribution in [-0.4, -0.2) is 63.3 Å². The fourth-order valence-electron chi connectivity index (χ4n) is 2.93. The molecule has 0 aliphatic carbocycles. The zero-order chi connectivity index (χ0) is 21.9. The number of quaternary nitrogens is 1. The van der Waals surface area contributed by atoms with Crippen LogP contribution >= 0.6 is 11.8 Å². The van der Waals surface area contributed by atoms with Gasteiger partial charge >= 0.3 is 0 Å². The molecule has 0 fully saturated rings. The Balaban J connectivity index is 2.08. The number of methoxy groups -OCH3 is 1. The molecule has 164 valence electrons. The van der Waals surface area contributed by atoms with Gasteiger partial charge in [-0.2, -0.15) is 0 Å². The Kier molecular flexibility index (Phi) is 10.1. The standard InChI is InChI=1S/C22H33N5O2S/c1-6-27(7-2)20-14-19(15-29-5)24-22(25-20)30-16-17-9-8-10-18(13-17)21(28)23-11-12-26(3)4/h8-10,13-14H,6-7,11-12,15-16H2,1-5H3,(H,23,28)/p+1. The second kappa shape index (κ2) is 12.5. The summed E-state index contributed by atoms with van der Waals surface area (Å²) in [4.78, 5) is 25.2. The first-order valence-electron chi connectivity index (χ1n) is 10.4. The number of thioether (sulfide) groups is 1. The number of nitrogens with zero attached hydrogens (tertiary/aromatic N) is 3. The molecule has 7 nitrogen and oxygen atoms in total. The predicted octanol–water partition coefficient (Wildman–Crippen LogP) is 1.64. The number of benzene rings is 1. The molecule has 0 unspecified atom stereocenters. The van der Waals surface area contributed by atoms with Crippen LogP contribution < -0.4 is 15.1 Å². The maximum atomic E-state index is 12.4. The molecule has 0 spiro atoms. The zero-order valence-corrected chi connectivity index (χ0v) is 19.5. The third kappa shape index (κ3) is 7.59. The van der Waals surface area contributed by atoms with Gasteiger partial charge in [0.15, 0.2) is 5.16 Å². The summed E-state index contributed by atoms with van der Waals surface area (Å²) in [5.41, 5.74) is 2.61. The van der Waals surface area contributed by atoms with Gasteiger partial charge in [-0.1, -0.05) is 23.9 Å². The topological polar surface area (TPSA) is 71.8 Å². The maximum Gasteiger partial charge on any atom is 0.251 e. The molecule has 1 aromatic carbocycles. The van der Waals surface area contributed by atoms with Crippen molar-refractivity contribution < 1.29 is 14.4 Å². The van der Waals surface area contributed by atoms with Gasteiger partial charge in [0, 0.05) is 37.6 Å². The number of amides is 1. The number of aromatic nitrogens is 2. The molecule has 0 saturated heterocycles. The third-order valence-electron chi connectivity index (χ3n) is 4.59. The molecule has 1 amide bonds. The maximum absolute atomic E-state index is 12.4. The van der Waals surface area contributed by atoms with Crippen LogP contribution in [0.4, 0.5) is 5.82 Å².